The van der Waals surface area contributed by atoms with Gasteiger partial charge in [-0.3, -0.25) is 0 Å². The molecule has 0 saturated carbocycles. The van der Waals surface area contributed by atoms with Crippen LogP contribution in [0, 0.1) is 0 Å². The molecule has 0 aliphatic carbocycles. The largest absolute Gasteiger partial charge is 0.468 e. The van der Waals surface area contributed by atoms with Gasteiger partial charge < -0.3 is 12.9 Å². The molecule has 0 aromatic rings. The maximum atomic E-state index is 3.55. The molecule has 0 rings (SSSR count). The molecule has 0 fully saturated rings. The van der Waals surface area contributed by atoms with Gasteiger partial charge in [-0.1, -0.05) is 24.5 Å². The maximum Gasteiger partial charge on any atom is 0.468 e. The molecular weight excluding hydrogens is 200 g/mol. The van der Waals surface area contributed by atoms with E-state index in [1.54, 1.807) is 0 Å². The number of halogens is 1. The molecule has 0 bridgehead atoms. The third kappa shape index (κ3) is 8.99. The molecule has 0 heterocycles. The molecule has 0 radical (unpaired) electrons. The maximum absolute atomic E-state index is 3.55. The van der Waals surface area contributed by atoms with Crippen LogP contribution in [0.25, 0.3) is 0 Å². The first-order valence-electron chi connectivity index (χ1n) is 3.96. The monoisotopic (exact) mass is 214 g/mol. The lowest BCUT2D eigenvalue weighted by Gasteiger charge is -1.93. The van der Waals surface area contributed by atoms with Crippen LogP contribution in [0.3, 0.4) is 0 Å². The molecule has 10 heavy (non-hydrogen) atoms. The highest BCUT2D eigenvalue weighted by Crippen LogP contribution is 2.03. The van der Waals surface area contributed by atoms with Crippen LogP contribution in [0.2, 0.25) is 4.55 Å². The Labute approximate surface area is 80.1 Å². The Bertz CT molecular complexity index is 95.4. The topological polar surface area (TPSA) is 0 Å². The second kappa shape index (κ2) is 8.09. The van der Waals surface area contributed by atoms with Crippen LogP contribution in [0.1, 0.15) is 33.1 Å². The highest BCUT2D eigenvalue weighted by molar-refractivity contribution is 9.23. The van der Waals surface area contributed by atoms with Crippen molar-refractivity contribution >= 4 is 31.1 Å². The molecule has 56 valence electrons. The third-order valence-corrected chi connectivity index (χ3v) is 3.84. The zero-order valence-electron chi connectivity index (χ0n) is 6.99. The third-order valence-electron chi connectivity index (χ3n) is 1.39. The molecule has 0 aromatic carbocycles. The van der Waals surface area contributed by atoms with Gasteiger partial charge in [0.2, 0.25) is 0 Å². The molecule has 0 atom stereocenters. The van der Waals surface area contributed by atoms with Gasteiger partial charge in [0.05, 0.1) is 0 Å². The molecule has 0 N–H and O–H groups in total. The second-order valence-electron chi connectivity index (χ2n) is 2.82. The molecule has 0 amide bonds. The fourth-order valence-electron chi connectivity index (χ4n) is 0.806. The Morgan fingerprint density at radius 3 is 2.60 bits per heavy atom. The highest BCUT2D eigenvalue weighted by atomic mass is 79.9. The Morgan fingerprint density at radius 2 is 2.10 bits per heavy atom. The Kier molecular flexibility index (Phi) is 8.88. The second-order valence-corrected chi connectivity index (χ2v) is 6.28. The van der Waals surface area contributed by atoms with Gasteiger partial charge in [-0.05, 0) is 20.3 Å². The summed E-state index contributed by atoms with van der Waals surface area (Å²) in [6, 6.07) is 0. The lowest BCUT2D eigenvalue weighted by molar-refractivity contribution is 0.809. The molecule has 0 spiro atoms. The van der Waals surface area contributed by atoms with Crippen LogP contribution in [0.5, 0.6) is 0 Å². The number of allylic oxidation sites excluding steroid dienone is 2. The summed E-state index contributed by atoms with van der Waals surface area (Å²) in [6.07, 6.45) is 6.41. The van der Waals surface area contributed by atoms with Crippen LogP contribution < -0.4 is 0 Å². The van der Waals surface area contributed by atoms with Gasteiger partial charge in [0.15, 0.2) is 0 Å². The van der Waals surface area contributed by atoms with Crippen LogP contribution in [-0.4, -0.2) is 18.2 Å². The van der Waals surface area contributed by atoms with Crippen molar-refractivity contribution in [1.29, 1.82) is 0 Å². The van der Waals surface area contributed by atoms with E-state index in [1.807, 2.05) is 0 Å². The van der Waals surface area contributed by atoms with Gasteiger partial charge in [-0.25, -0.2) is 0 Å². The highest BCUT2D eigenvalue weighted by Gasteiger charge is 1.88. The van der Waals surface area contributed by atoms with Gasteiger partial charge in [-0.15, -0.1) is 4.55 Å². The first-order valence-corrected chi connectivity index (χ1v) is 8.86. The molecule has 0 aliphatic rings. The van der Waals surface area contributed by atoms with E-state index >= 15 is 0 Å². The molecular formula is C8H15BrMg. The van der Waals surface area contributed by atoms with Crippen LogP contribution in [0.4, 0.5) is 0 Å². The standard InChI is InChI=1S/C8H15.BrH.Mg/c1-4-5-6-7-8(2)3;;/h7H,1,4-6H2,2-3H3;1H;/q;;+1/p-1. The van der Waals surface area contributed by atoms with E-state index in [2.05, 4.69) is 32.8 Å². The summed E-state index contributed by atoms with van der Waals surface area (Å²) < 4.78 is 1.45. The van der Waals surface area contributed by atoms with Gasteiger partial charge in [0.25, 0.3) is 0 Å². The Balaban J connectivity index is 2.98. The summed E-state index contributed by atoms with van der Waals surface area (Å²) in [4.78, 5) is 0. The Morgan fingerprint density at radius 1 is 1.40 bits per heavy atom. The number of unbranched alkanes of at least 4 members (excludes halogenated alkanes) is 2. The van der Waals surface area contributed by atoms with E-state index in [0.29, 0.717) is 0 Å². The predicted octanol–water partition coefficient (Wildman–Crippen LogP) is 3.56. The SMILES string of the molecule is CC(C)=CCCC[CH2][Mg][Br]. The fraction of sp³-hybridized carbons (Fsp3) is 0.750. The number of hydrogen-bond donors (Lipinski definition) is 0. The Hall–Kier alpha value is 0.986. The summed E-state index contributed by atoms with van der Waals surface area (Å²) in [7, 11) is 0. The lowest BCUT2D eigenvalue weighted by atomic mass is 10.2. The van der Waals surface area contributed by atoms with E-state index in [9.17, 15) is 0 Å². The van der Waals surface area contributed by atoms with Crippen LogP contribution in [-0.2, 0) is 0 Å². The van der Waals surface area contributed by atoms with Crippen molar-refractivity contribution in [2.75, 3.05) is 0 Å². The molecule has 0 aliphatic heterocycles. The average Bonchev–Trinajstić information content (AvgIpc) is 1.87. The van der Waals surface area contributed by atoms with E-state index in [1.165, 1.54) is 29.4 Å². The van der Waals surface area contributed by atoms with Crippen molar-refractivity contribution in [3.63, 3.8) is 0 Å². The quantitative estimate of drug-likeness (QED) is 0.374. The first-order chi connectivity index (χ1) is 4.77. The normalized spacial score (nSPS) is 8.70. The zero-order valence-corrected chi connectivity index (χ0v) is 9.99. The molecule has 0 saturated heterocycles. The van der Waals surface area contributed by atoms with E-state index in [-0.39, 0.29) is 18.2 Å². The van der Waals surface area contributed by atoms with Crippen LogP contribution >= 0.6 is 12.9 Å². The van der Waals surface area contributed by atoms with Crippen LogP contribution in [0.15, 0.2) is 11.6 Å². The number of hydrogen-bond acceptors (Lipinski definition) is 0. The van der Waals surface area contributed by atoms with Gasteiger partial charge in [0.1, 0.15) is 0 Å². The molecule has 2 heteroatoms. The predicted molar refractivity (Wildman–Crippen MR) is 52.8 cm³/mol. The van der Waals surface area contributed by atoms with Crippen molar-refractivity contribution in [3.05, 3.63) is 11.6 Å². The molecule has 0 aromatic heterocycles. The summed E-state index contributed by atoms with van der Waals surface area (Å²) in [5.74, 6) is 0. The minimum absolute atomic E-state index is 0.158. The van der Waals surface area contributed by atoms with Gasteiger partial charge in [0, 0.05) is 0 Å². The lowest BCUT2D eigenvalue weighted by Crippen LogP contribution is -1.78. The smallest absolute Gasteiger partial charge is 0.307 e. The number of rotatable bonds is 5. The average molecular weight is 215 g/mol. The van der Waals surface area contributed by atoms with Crippen molar-refractivity contribution in [2.45, 2.75) is 37.7 Å². The summed E-state index contributed by atoms with van der Waals surface area (Å²) in [5, 5.41) is 0. The van der Waals surface area contributed by atoms with Gasteiger partial charge in [-0.2, -0.15) is 0 Å². The van der Waals surface area contributed by atoms with E-state index < -0.39 is 0 Å². The van der Waals surface area contributed by atoms with Crippen molar-refractivity contribution in [1.82, 2.24) is 0 Å². The minimum atomic E-state index is 0.158. The molecule has 0 unspecified atom stereocenters. The van der Waals surface area contributed by atoms with E-state index in [4.69, 9.17) is 0 Å². The summed E-state index contributed by atoms with van der Waals surface area (Å²) in [6.45, 7) is 4.33. The first kappa shape index (κ1) is 11.0. The van der Waals surface area contributed by atoms with Gasteiger partial charge >= 0.3 is 18.2 Å². The van der Waals surface area contributed by atoms with Crippen molar-refractivity contribution in [2.24, 2.45) is 0 Å². The van der Waals surface area contributed by atoms with E-state index in [0.717, 1.165) is 0 Å². The minimum Gasteiger partial charge on any atom is -0.307 e. The zero-order chi connectivity index (χ0) is 7.82. The fourth-order valence-corrected chi connectivity index (χ4v) is 2.54. The summed E-state index contributed by atoms with van der Waals surface area (Å²) in [5.41, 5.74) is 1.45. The van der Waals surface area contributed by atoms with Crippen molar-refractivity contribution < 1.29 is 0 Å². The van der Waals surface area contributed by atoms with Crippen molar-refractivity contribution in [3.8, 4) is 0 Å². The summed E-state index contributed by atoms with van der Waals surface area (Å²) >= 11 is 3.71. The molecule has 0 nitrogen and oxygen atoms in total.